The molecule has 1 saturated carbocycles. The first-order chi connectivity index (χ1) is 9.03. The van der Waals surface area contributed by atoms with Gasteiger partial charge in [-0.1, -0.05) is 6.08 Å². The first-order valence-electron chi connectivity index (χ1n) is 6.61. The second kappa shape index (κ2) is 5.57. The molecule has 5 nitrogen and oxygen atoms in total. The van der Waals surface area contributed by atoms with Crippen LogP contribution in [0.15, 0.2) is 24.4 Å². The lowest BCUT2D eigenvalue weighted by Crippen LogP contribution is -2.32. The van der Waals surface area contributed by atoms with E-state index >= 15 is 0 Å². The van der Waals surface area contributed by atoms with Gasteiger partial charge in [0.1, 0.15) is 0 Å². The van der Waals surface area contributed by atoms with Crippen LogP contribution in [-0.4, -0.2) is 47.8 Å². The van der Waals surface area contributed by atoms with Crippen LogP contribution in [0.5, 0.6) is 0 Å². The molecular weight excluding hydrogens is 240 g/mol. The van der Waals surface area contributed by atoms with Gasteiger partial charge >= 0.3 is 0 Å². The van der Waals surface area contributed by atoms with Crippen molar-refractivity contribution in [2.75, 3.05) is 27.2 Å². The maximum absolute atomic E-state index is 11.7. The van der Waals surface area contributed by atoms with Crippen LogP contribution in [0, 0.1) is 0 Å². The fraction of sp³-hybridized carbons (Fsp3) is 0.571. The van der Waals surface area contributed by atoms with Gasteiger partial charge in [-0.2, -0.15) is 5.10 Å². The van der Waals surface area contributed by atoms with Crippen LogP contribution in [0.1, 0.15) is 18.5 Å². The van der Waals surface area contributed by atoms with E-state index in [1.165, 1.54) is 5.69 Å². The highest BCUT2D eigenvalue weighted by Crippen LogP contribution is 2.47. The number of carbonyl (C=O) groups excluding carboxylic acids is 1. The molecule has 19 heavy (non-hydrogen) atoms. The van der Waals surface area contributed by atoms with Gasteiger partial charge in [-0.3, -0.25) is 9.48 Å². The molecule has 0 atom stereocenters. The summed E-state index contributed by atoms with van der Waals surface area (Å²) in [6, 6.07) is 2.04. The van der Waals surface area contributed by atoms with Crippen LogP contribution in [0.2, 0.25) is 0 Å². The molecule has 0 saturated heterocycles. The zero-order chi connectivity index (χ0) is 13.9. The normalized spacial score (nSPS) is 17.1. The Balaban J connectivity index is 1.84. The molecule has 2 rings (SSSR count). The number of amides is 1. The summed E-state index contributed by atoms with van der Waals surface area (Å²) in [5, 5.41) is 7.19. The number of aromatic nitrogens is 2. The highest BCUT2D eigenvalue weighted by atomic mass is 16.1. The third-order valence-corrected chi connectivity index (χ3v) is 3.56. The first kappa shape index (κ1) is 13.8. The van der Waals surface area contributed by atoms with Crippen LogP contribution in [0.4, 0.5) is 0 Å². The molecule has 0 unspecified atom stereocenters. The van der Waals surface area contributed by atoms with Crippen LogP contribution < -0.4 is 5.32 Å². The summed E-state index contributed by atoms with van der Waals surface area (Å²) in [7, 11) is 5.90. The number of nitrogens with one attached hydrogen (secondary N) is 1. The maximum Gasteiger partial charge on any atom is 0.243 e. The second-order valence-corrected chi connectivity index (χ2v) is 5.50. The van der Waals surface area contributed by atoms with Crippen LogP contribution in [0.25, 0.3) is 0 Å². The SMILES string of the molecule is CN(C)C/C=C/C(=O)NCC1(c2ccnn2C)CC1. The van der Waals surface area contributed by atoms with Gasteiger partial charge in [0.25, 0.3) is 0 Å². The monoisotopic (exact) mass is 262 g/mol. The van der Waals surface area contributed by atoms with Crippen LogP contribution >= 0.6 is 0 Å². The molecule has 1 fully saturated rings. The fourth-order valence-electron chi connectivity index (χ4n) is 2.25. The summed E-state index contributed by atoms with van der Waals surface area (Å²) in [5.41, 5.74) is 1.32. The Morgan fingerprint density at radius 3 is 2.84 bits per heavy atom. The number of rotatable bonds is 6. The van der Waals surface area contributed by atoms with E-state index in [4.69, 9.17) is 0 Å². The largest absolute Gasteiger partial charge is 0.352 e. The predicted octanol–water partition coefficient (Wildman–Crippen LogP) is 0.686. The number of likely N-dealkylation sites (N-methyl/N-ethyl adjacent to an activating group) is 1. The summed E-state index contributed by atoms with van der Waals surface area (Å²) in [6.07, 6.45) is 7.54. The molecule has 104 valence electrons. The molecule has 1 aliphatic carbocycles. The van der Waals surface area contributed by atoms with Crippen molar-refractivity contribution in [2.45, 2.75) is 18.3 Å². The summed E-state index contributed by atoms with van der Waals surface area (Å²) in [6.45, 7) is 1.47. The summed E-state index contributed by atoms with van der Waals surface area (Å²) >= 11 is 0. The second-order valence-electron chi connectivity index (χ2n) is 5.50. The van der Waals surface area contributed by atoms with Crippen molar-refractivity contribution in [3.8, 4) is 0 Å². The molecule has 0 radical (unpaired) electrons. The van der Waals surface area contributed by atoms with Gasteiger partial charge in [-0.15, -0.1) is 0 Å². The van der Waals surface area contributed by atoms with Gasteiger partial charge in [0.05, 0.1) is 0 Å². The minimum Gasteiger partial charge on any atom is -0.352 e. The average molecular weight is 262 g/mol. The molecule has 1 amide bonds. The molecule has 1 aliphatic rings. The van der Waals surface area contributed by atoms with E-state index in [-0.39, 0.29) is 11.3 Å². The molecule has 1 heterocycles. The molecule has 5 heteroatoms. The molecule has 1 aromatic rings. The molecule has 0 spiro atoms. The van der Waals surface area contributed by atoms with Crippen molar-refractivity contribution >= 4 is 5.91 Å². The first-order valence-corrected chi connectivity index (χ1v) is 6.61. The van der Waals surface area contributed by atoms with Crippen molar-refractivity contribution in [2.24, 2.45) is 7.05 Å². The zero-order valence-corrected chi connectivity index (χ0v) is 11.9. The summed E-state index contributed by atoms with van der Waals surface area (Å²) in [4.78, 5) is 13.7. The summed E-state index contributed by atoms with van der Waals surface area (Å²) < 4.78 is 1.90. The van der Waals surface area contributed by atoms with Gasteiger partial charge in [0, 0.05) is 43.5 Å². The van der Waals surface area contributed by atoms with Crippen molar-refractivity contribution < 1.29 is 4.79 Å². The number of aryl methyl sites for hydroxylation is 1. The van der Waals surface area contributed by atoms with E-state index in [0.717, 1.165) is 19.4 Å². The van der Waals surface area contributed by atoms with Gasteiger partial charge in [-0.25, -0.2) is 0 Å². The van der Waals surface area contributed by atoms with Gasteiger partial charge in [0.15, 0.2) is 0 Å². The molecule has 1 N–H and O–H groups in total. The molecular formula is C14H22N4O. The Labute approximate surface area is 114 Å². The van der Waals surface area contributed by atoms with Crippen molar-refractivity contribution in [1.29, 1.82) is 0 Å². The third kappa shape index (κ3) is 3.44. The Hall–Kier alpha value is -1.62. The van der Waals surface area contributed by atoms with Crippen LogP contribution in [0.3, 0.4) is 0 Å². The van der Waals surface area contributed by atoms with E-state index in [9.17, 15) is 4.79 Å². The standard InChI is InChI=1S/C14H22N4O/c1-17(2)10-4-5-13(19)15-11-14(7-8-14)12-6-9-16-18(12)3/h4-6,9H,7-8,10-11H2,1-3H3,(H,15,19)/b5-4+. The highest BCUT2D eigenvalue weighted by Gasteiger charge is 2.46. The fourth-order valence-corrected chi connectivity index (χ4v) is 2.25. The van der Waals surface area contributed by atoms with E-state index in [1.807, 2.05) is 49.1 Å². The smallest absolute Gasteiger partial charge is 0.243 e. The average Bonchev–Trinajstić information content (AvgIpc) is 3.01. The van der Waals surface area contributed by atoms with Crippen LogP contribution in [-0.2, 0) is 17.3 Å². The van der Waals surface area contributed by atoms with E-state index in [0.29, 0.717) is 6.54 Å². The Morgan fingerprint density at radius 2 is 2.32 bits per heavy atom. The molecule has 0 bridgehead atoms. The number of hydrogen-bond acceptors (Lipinski definition) is 3. The Kier molecular flexibility index (Phi) is 4.04. The third-order valence-electron chi connectivity index (χ3n) is 3.56. The number of hydrogen-bond donors (Lipinski definition) is 1. The van der Waals surface area contributed by atoms with Gasteiger partial charge in [-0.05, 0) is 33.0 Å². The number of nitrogens with zero attached hydrogens (tertiary/aromatic N) is 3. The number of carbonyl (C=O) groups is 1. The molecule has 1 aromatic heterocycles. The minimum atomic E-state index is -0.0182. The van der Waals surface area contributed by atoms with Crippen molar-refractivity contribution in [3.63, 3.8) is 0 Å². The van der Waals surface area contributed by atoms with Gasteiger partial charge in [0.2, 0.25) is 5.91 Å². The van der Waals surface area contributed by atoms with Crippen molar-refractivity contribution in [3.05, 3.63) is 30.1 Å². The zero-order valence-electron chi connectivity index (χ0n) is 11.9. The van der Waals surface area contributed by atoms with E-state index in [2.05, 4.69) is 10.4 Å². The molecule has 0 aliphatic heterocycles. The van der Waals surface area contributed by atoms with E-state index in [1.54, 1.807) is 6.08 Å². The predicted molar refractivity (Wildman–Crippen MR) is 74.8 cm³/mol. The highest BCUT2D eigenvalue weighted by molar-refractivity contribution is 5.87. The lowest BCUT2D eigenvalue weighted by Gasteiger charge is -2.15. The maximum atomic E-state index is 11.7. The van der Waals surface area contributed by atoms with Gasteiger partial charge < -0.3 is 10.2 Å². The lowest BCUT2D eigenvalue weighted by molar-refractivity contribution is -0.116. The Morgan fingerprint density at radius 1 is 1.58 bits per heavy atom. The summed E-state index contributed by atoms with van der Waals surface area (Å²) in [5.74, 6) is -0.0182. The lowest BCUT2D eigenvalue weighted by atomic mass is 10.0. The van der Waals surface area contributed by atoms with E-state index < -0.39 is 0 Å². The quantitative estimate of drug-likeness (QED) is 0.767. The topological polar surface area (TPSA) is 50.2 Å². The van der Waals surface area contributed by atoms with Crippen molar-refractivity contribution in [1.82, 2.24) is 20.0 Å². The minimum absolute atomic E-state index is 0.0182. The Bertz CT molecular complexity index is 472. The molecule has 0 aromatic carbocycles.